The second kappa shape index (κ2) is 8.24. The van der Waals surface area contributed by atoms with Crippen LogP contribution in [0.3, 0.4) is 0 Å². The molecule has 1 aliphatic heterocycles. The summed E-state index contributed by atoms with van der Waals surface area (Å²) in [6.07, 6.45) is 0.348. The minimum Gasteiger partial charge on any atom is -0.497 e. The summed E-state index contributed by atoms with van der Waals surface area (Å²) in [4.78, 5) is 18.9. The van der Waals surface area contributed by atoms with Gasteiger partial charge in [-0.05, 0) is 36.4 Å². The van der Waals surface area contributed by atoms with Gasteiger partial charge in [-0.2, -0.15) is 4.98 Å². The van der Waals surface area contributed by atoms with E-state index in [4.69, 9.17) is 14.0 Å². The summed E-state index contributed by atoms with van der Waals surface area (Å²) in [5, 5.41) is 4.08. The molecule has 0 aliphatic carbocycles. The van der Waals surface area contributed by atoms with E-state index in [9.17, 15) is 4.79 Å². The number of ether oxygens (including phenoxy) is 2. The Kier molecular flexibility index (Phi) is 5.53. The van der Waals surface area contributed by atoms with Gasteiger partial charge < -0.3 is 18.9 Å². The Hall–Kier alpha value is -2.87. The van der Waals surface area contributed by atoms with Gasteiger partial charge in [0.1, 0.15) is 11.5 Å². The lowest BCUT2D eigenvalue weighted by Crippen LogP contribution is -2.24. The molecular formula is C21H20BrN3O4. The molecule has 1 unspecified atom stereocenters. The summed E-state index contributed by atoms with van der Waals surface area (Å²) in [5.41, 5.74) is 1.79. The fourth-order valence-corrected chi connectivity index (χ4v) is 3.66. The third-order valence-electron chi connectivity index (χ3n) is 4.96. The first-order valence-electron chi connectivity index (χ1n) is 9.15. The highest BCUT2D eigenvalue weighted by molar-refractivity contribution is 9.10. The SMILES string of the molecule is COc1ccc(CN2CC(c3nc(-c4ccc(Br)cc4)no3)CC2=O)c(OC)c1. The molecule has 2 heterocycles. The summed E-state index contributed by atoms with van der Waals surface area (Å²) in [6.45, 7) is 0.978. The van der Waals surface area contributed by atoms with E-state index in [1.807, 2.05) is 42.5 Å². The molecule has 0 bridgehead atoms. The van der Waals surface area contributed by atoms with Crippen LogP contribution in [0.15, 0.2) is 51.5 Å². The van der Waals surface area contributed by atoms with Gasteiger partial charge in [0.05, 0.1) is 20.1 Å². The zero-order valence-corrected chi connectivity index (χ0v) is 17.7. The zero-order chi connectivity index (χ0) is 20.4. The average molecular weight is 458 g/mol. The zero-order valence-electron chi connectivity index (χ0n) is 16.1. The van der Waals surface area contributed by atoms with Crippen molar-refractivity contribution in [3.63, 3.8) is 0 Å². The lowest BCUT2D eigenvalue weighted by molar-refractivity contribution is -0.128. The highest BCUT2D eigenvalue weighted by Crippen LogP contribution is 2.32. The van der Waals surface area contributed by atoms with E-state index in [-0.39, 0.29) is 11.8 Å². The normalized spacial score (nSPS) is 16.3. The molecule has 1 fully saturated rings. The van der Waals surface area contributed by atoms with Gasteiger partial charge in [-0.3, -0.25) is 4.79 Å². The second-order valence-corrected chi connectivity index (χ2v) is 7.73. The molecule has 0 N–H and O–H groups in total. The molecule has 1 amide bonds. The van der Waals surface area contributed by atoms with Gasteiger partial charge in [-0.1, -0.05) is 21.1 Å². The van der Waals surface area contributed by atoms with E-state index < -0.39 is 0 Å². The predicted molar refractivity (Wildman–Crippen MR) is 110 cm³/mol. The Morgan fingerprint density at radius 3 is 2.69 bits per heavy atom. The Morgan fingerprint density at radius 1 is 1.17 bits per heavy atom. The van der Waals surface area contributed by atoms with Crippen LogP contribution in [0.2, 0.25) is 0 Å². The van der Waals surface area contributed by atoms with Crippen molar-refractivity contribution in [2.45, 2.75) is 18.9 Å². The van der Waals surface area contributed by atoms with Crippen molar-refractivity contribution in [2.24, 2.45) is 0 Å². The smallest absolute Gasteiger partial charge is 0.232 e. The molecule has 2 aromatic carbocycles. The molecule has 7 nitrogen and oxygen atoms in total. The number of carbonyl (C=O) groups excluding carboxylic acids is 1. The first-order chi connectivity index (χ1) is 14.1. The van der Waals surface area contributed by atoms with E-state index >= 15 is 0 Å². The molecule has 1 aliphatic rings. The largest absolute Gasteiger partial charge is 0.497 e. The fraction of sp³-hybridized carbons (Fsp3) is 0.286. The Bertz CT molecular complexity index is 1020. The van der Waals surface area contributed by atoms with Crippen LogP contribution in [0.25, 0.3) is 11.4 Å². The number of hydrogen-bond donors (Lipinski definition) is 0. The molecular weight excluding hydrogens is 438 g/mol. The minimum absolute atomic E-state index is 0.0521. The first-order valence-corrected chi connectivity index (χ1v) is 9.95. The minimum atomic E-state index is -0.122. The number of amides is 1. The number of carbonyl (C=O) groups is 1. The van der Waals surface area contributed by atoms with Gasteiger partial charge in [0.15, 0.2) is 0 Å². The molecule has 8 heteroatoms. The number of halogens is 1. The van der Waals surface area contributed by atoms with Gasteiger partial charge in [0.2, 0.25) is 17.6 Å². The highest BCUT2D eigenvalue weighted by Gasteiger charge is 2.34. The third-order valence-corrected chi connectivity index (χ3v) is 5.49. The van der Waals surface area contributed by atoms with Crippen molar-refractivity contribution in [1.29, 1.82) is 0 Å². The molecule has 3 aromatic rings. The highest BCUT2D eigenvalue weighted by atomic mass is 79.9. The molecule has 1 atom stereocenters. The second-order valence-electron chi connectivity index (χ2n) is 6.82. The van der Waals surface area contributed by atoms with Crippen LogP contribution < -0.4 is 9.47 Å². The van der Waals surface area contributed by atoms with Gasteiger partial charge in [-0.15, -0.1) is 0 Å². The fourth-order valence-electron chi connectivity index (χ4n) is 3.40. The Labute approximate surface area is 176 Å². The lowest BCUT2D eigenvalue weighted by atomic mass is 10.1. The standard InChI is InChI=1S/C21H20BrN3O4/c1-27-17-8-5-14(18(10-17)28-2)11-25-12-15(9-19(25)26)21-23-20(24-29-21)13-3-6-16(22)7-4-13/h3-8,10,15H,9,11-12H2,1-2H3. The van der Waals surface area contributed by atoms with Crippen molar-refractivity contribution in [3.8, 4) is 22.9 Å². The molecule has 1 saturated heterocycles. The Morgan fingerprint density at radius 2 is 1.97 bits per heavy atom. The van der Waals surface area contributed by atoms with Crippen molar-refractivity contribution >= 4 is 21.8 Å². The van der Waals surface area contributed by atoms with Crippen molar-refractivity contribution < 1.29 is 18.8 Å². The summed E-state index contributed by atoms with van der Waals surface area (Å²) in [7, 11) is 3.21. The topological polar surface area (TPSA) is 77.7 Å². The van der Waals surface area contributed by atoms with Gasteiger partial charge in [-0.25, -0.2) is 0 Å². The molecule has 29 heavy (non-hydrogen) atoms. The monoisotopic (exact) mass is 457 g/mol. The summed E-state index contributed by atoms with van der Waals surface area (Å²) in [6, 6.07) is 13.3. The van der Waals surface area contributed by atoms with E-state index in [0.29, 0.717) is 42.7 Å². The average Bonchev–Trinajstić information content (AvgIpc) is 3.36. The van der Waals surface area contributed by atoms with E-state index in [2.05, 4.69) is 26.1 Å². The molecule has 4 rings (SSSR count). The van der Waals surface area contributed by atoms with Gasteiger partial charge in [0.25, 0.3) is 0 Å². The number of nitrogens with zero attached hydrogens (tertiary/aromatic N) is 3. The van der Waals surface area contributed by atoms with Crippen molar-refractivity contribution in [1.82, 2.24) is 15.0 Å². The number of methoxy groups -OCH3 is 2. The number of benzene rings is 2. The summed E-state index contributed by atoms with van der Waals surface area (Å²) < 4.78 is 17.1. The lowest BCUT2D eigenvalue weighted by Gasteiger charge is -2.18. The van der Waals surface area contributed by atoms with Crippen LogP contribution in [-0.2, 0) is 11.3 Å². The van der Waals surface area contributed by atoms with Crippen LogP contribution in [0.5, 0.6) is 11.5 Å². The van der Waals surface area contributed by atoms with Crippen LogP contribution >= 0.6 is 15.9 Å². The van der Waals surface area contributed by atoms with E-state index in [1.165, 1.54) is 0 Å². The Balaban J connectivity index is 1.48. The maximum Gasteiger partial charge on any atom is 0.232 e. The van der Waals surface area contributed by atoms with Crippen LogP contribution in [0.4, 0.5) is 0 Å². The number of hydrogen-bond acceptors (Lipinski definition) is 6. The maximum absolute atomic E-state index is 12.6. The first kappa shape index (κ1) is 19.4. The third kappa shape index (κ3) is 4.12. The summed E-state index contributed by atoms with van der Waals surface area (Å²) in [5.74, 6) is 2.34. The van der Waals surface area contributed by atoms with Crippen molar-refractivity contribution in [3.05, 3.63) is 58.4 Å². The molecule has 0 saturated carbocycles. The summed E-state index contributed by atoms with van der Waals surface area (Å²) >= 11 is 3.41. The number of aromatic nitrogens is 2. The van der Waals surface area contributed by atoms with Crippen LogP contribution in [-0.4, -0.2) is 41.7 Å². The maximum atomic E-state index is 12.6. The van der Waals surface area contributed by atoms with E-state index in [1.54, 1.807) is 19.1 Å². The molecule has 150 valence electrons. The van der Waals surface area contributed by atoms with Gasteiger partial charge in [0, 0.05) is 41.2 Å². The van der Waals surface area contributed by atoms with Crippen molar-refractivity contribution in [2.75, 3.05) is 20.8 Å². The molecule has 0 spiro atoms. The van der Waals surface area contributed by atoms with E-state index in [0.717, 1.165) is 15.6 Å². The van der Waals surface area contributed by atoms with Gasteiger partial charge >= 0.3 is 0 Å². The molecule has 1 aromatic heterocycles. The quantitative estimate of drug-likeness (QED) is 0.555. The predicted octanol–water partition coefficient (Wildman–Crippen LogP) is 4.03. The number of rotatable bonds is 6. The van der Waals surface area contributed by atoms with Crippen LogP contribution in [0, 0.1) is 0 Å². The molecule has 0 radical (unpaired) electrons. The number of likely N-dealkylation sites (tertiary alicyclic amines) is 1. The van der Waals surface area contributed by atoms with Crippen LogP contribution in [0.1, 0.15) is 23.8 Å².